The van der Waals surface area contributed by atoms with Gasteiger partial charge in [0.05, 0.1) is 5.69 Å². The van der Waals surface area contributed by atoms with E-state index in [0.29, 0.717) is 5.69 Å². The second-order valence-corrected chi connectivity index (χ2v) is 4.03. The highest BCUT2D eigenvalue weighted by atomic mass is 16.1. The number of carbonyl (C=O) groups excluding carboxylic acids is 1. The number of rotatable bonds is 3. The number of benzene rings is 2. The normalized spacial score (nSPS) is 9.71. The van der Waals surface area contributed by atoms with Crippen LogP contribution in [-0.4, -0.2) is 6.08 Å². The number of hydrogen-bond acceptors (Lipinski definition) is 2. The van der Waals surface area contributed by atoms with Gasteiger partial charge in [-0.25, -0.2) is 4.79 Å². The summed E-state index contributed by atoms with van der Waals surface area (Å²) < 4.78 is 0. The Kier molecular flexibility index (Phi) is 3.49. The molecule has 0 saturated heterocycles. The largest absolute Gasteiger partial charge is 0.240 e. The lowest BCUT2D eigenvalue weighted by Crippen LogP contribution is -1.87. The fourth-order valence-electron chi connectivity index (χ4n) is 1.68. The third-order valence-corrected chi connectivity index (χ3v) is 2.64. The molecule has 0 radical (unpaired) electrons. The Morgan fingerprint density at radius 3 is 2.00 bits per heavy atom. The predicted molar refractivity (Wildman–Crippen MR) is 68.2 cm³/mol. The molecule has 0 bridgehead atoms. The highest BCUT2D eigenvalue weighted by Crippen LogP contribution is 2.15. The summed E-state index contributed by atoms with van der Waals surface area (Å²) in [6.07, 6.45) is 2.43. The number of aryl methyl sites for hydroxylation is 1. The molecule has 2 rings (SSSR count). The van der Waals surface area contributed by atoms with E-state index in [1.165, 1.54) is 22.8 Å². The summed E-state index contributed by atoms with van der Waals surface area (Å²) >= 11 is 0. The van der Waals surface area contributed by atoms with Crippen LogP contribution in [-0.2, 0) is 11.2 Å². The number of hydrogen-bond donors (Lipinski definition) is 0. The monoisotopic (exact) mass is 223 g/mol. The molecule has 0 saturated carbocycles. The topological polar surface area (TPSA) is 29.4 Å². The molecular formula is C15H13NO. The molecular weight excluding hydrogens is 210 g/mol. The molecule has 0 N–H and O–H groups in total. The molecule has 0 unspecified atom stereocenters. The van der Waals surface area contributed by atoms with Crippen LogP contribution in [0.15, 0.2) is 53.5 Å². The molecule has 0 aliphatic carbocycles. The first-order valence-electron chi connectivity index (χ1n) is 5.50. The summed E-state index contributed by atoms with van der Waals surface area (Å²) in [5.41, 5.74) is 4.40. The van der Waals surface area contributed by atoms with Gasteiger partial charge in [0.1, 0.15) is 0 Å². The Morgan fingerprint density at radius 1 is 0.941 bits per heavy atom. The molecule has 0 aromatic heterocycles. The van der Waals surface area contributed by atoms with Crippen LogP contribution in [0.25, 0.3) is 0 Å². The van der Waals surface area contributed by atoms with Crippen LogP contribution < -0.4 is 0 Å². The van der Waals surface area contributed by atoms with Gasteiger partial charge in [0, 0.05) is 0 Å². The zero-order valence-corrected chi connectivity index (χ0v) is 9.68. The minimum atomic E-state index is 0.646. The molecule has 84 valence electrons. The number of nitrogens with zero attached hydrogens (tertiary/aromatic N) is 1. The summed E-state index contributed by atoms with van der Waals surface area (Å²) in [4.78, 5) is 13.7. The Hall–Kier alpha value is -2.18. The van der Waals surface area contributed by atoms with Crippen LogP contribution in [0.4, 0.5) is 5.69 Å². The van der Waals surface area contributed by atoms with Crippen molar-refractivity contribution in [2.75, 3.05) is 0 Å². The zero-order chi connectivity index (χ0) is 12.1. The van der Waals surface area contributed by atoms with E-state index in [2.05, 4.69) is 36.2 Å². The third-order valence-electron chi connectivity index (χ3n) is 2.64. The Morgan fingerprint density at radius 2 is 1.47 bits per heavy atom. The average Bonchev–Trinajstić information content (AvgIpc) is 2.35. The molecule has 2 nitrogen and oxygen atoms in total. The maximum Gasteiger partial charge on any atom is 0.240 e. The van der Waals surface area contributed by atoms with Crippen molar-refractivity contribution in [2.24, 2.45) is 4.99 Å². The first-order chi connectivity index (χ1) is 8.28. The van der Waals surface area contributed by atoms with Crippen LogP contribution >= 0.6 is 0 Å². The Bertz CT molecular complexity index is 534. The molecule has 2 aromatic carbocycles. The highest BCUT2D eigenvalue weighted by Gasteiger charge is 1.96. The van der Waals surface area contributed by atoms with Crippen LogP contribution in [0.1, 0.15) is 16.7 Å². The van der Waals surface area contributed by atoms with E-state index in [1.807, 2.05) is 24.3 Å². The zero-order valence-electron chi connectivity index (χ0n) is 9.68. The second-order valence-electron chi connectivity index (χ2n) is 4.03. The second kappa shape index (κ2) is 5.24. The van der Waals surface area contributed by atoms with Crippen molar-refractivity contribution in [3.8, 4) is 0 Å². The van der Waals surface area contributed by atoms with E-state index in [9.17, 15) is 4.79 Å². The molecule has 0 atom stereocenters. The van der Waals surface area contributed by atoms with Gasteiger partial charge >= 0.3 is 0 Å². The molecule has 2 heteroatoms. The molecule has 0 aliphatic heterocycles. The van der Waals surface area contributed by atoms with Crippen molar-refractivity contribution in [2.45, 2.75) is 13.3 Å². The van der Waals surface area contributed by atoms with E-state index in [-0.39, 0.29) is 0 Å². The summed E-state index contributed by atoms with van der Waals surface area (Å²) in [7, 11) is 0. The third kappa shape index (κ3) is 3.13. The molecule has 0 heterocycles. The van der Waals surface area contributed by atoms with Crippen LogP contribution in [0.5, 0.6) is 0 Å². The first-order valence-corrected chi connectivity index (χ1v) is 5.50. The molecule has 0 aliphatic rings. The maximum atomic E-state index is 10.1. The van der Waals surface area contributed by atoms with Crippen LogP contribution in [0.2, 0.25) is 0 Å². The highest BCUT2D eigenvalue weighted by molar-refractivity contribution is 5.49. The lowest BCUT2D eigenvalue weighted by Gasteiger charge is -2.02. The summed E-state index contributed by atoms with van der Waals surface area (Å²) in [6.45, 7) is 2.08. The van der Waals surface area contributed by atoms with Crippen LogP contribution in [0.3, 0.4) is 0 Å². The van der Waals surface area contributed by atoms with Gasteiger partial charge in [0.2, 0.25) is 6.08 Å². The minimum Gasteiger partial charge on any atom is -0.211 e. The van der Waals surface area contributed by atoms with E-state index in [1.54, 1.807) is 0 Å². The maximum absolute atomic E-state index is 10.1. The fraction of sp³-hybridized carbons (Fsp3) is 0.133. The van der Waals surface area contributed by atoms with E-state index in [0.717, 1.165) is 6.42 Å². The van der Waals surface area contributed by atoms with Gasteiger partial charge in [0.15, 0.2) is 0 Å². The van der Waals surface area contributed by atoms with Gasteiger partial charge in [-0.15, -0.1) is 0 Å². The SMILES string of the molecule is Cc1ccc(Cc2ccc(N=C=O)cc2)cc1. The number of isocyanates is 1. The van der Waals surface area contributed by atoms with Crippen molar-refractivity contribution in [1.82, 2.24) is 0 Å². The molecule has 2 aromatic rings. The molecule has 17 heavy (non-hydrogen) atoms. The summed E-state index contributed by atoms with van der Waals surface area (Å²) in [5, 5.41) is 0. The van der Waals surface area contributed by atoms with E-state index < -0.39 is 0 Å². The van der Waals surface area contributed by atoms with E-state index >= 15 is 0 Å². The average molecular weight is 223 g/mol. The van der Waals surface area contributed by atoms with Gasteiger partial charge < -0.3 is 0 Å². The van der Waals surface area contributed by atoms with Crippen molar-refractivity contribution >= 4 is 11.8 Å². The predicted octanol–water partition coefficient (Wildman–Crippen LogP) is 3.55. The van der Waals surface area contributed by atoms with Gasteiger partial charge in [-0.2, -0.15) is 4.99 Å². The summed E-state index contributed by atoms with van der Waals surface area (Å²) in [5.74, 6) is 0. The first kappa shape index (κ1) is 11.3. The Balaban J connectivity index is 2.13. The van der Waals surface area contributed by atoms with Gasteiger partial charge in [0.25, 0.3) is 0 Å². The van der Waals surface area contributed by atoms with Crippen molar-refractivity contribution in [3.05, 3.63) is 65.2 Å². The smallest absolute Gasteiger partial charge is 0.211 e. The standard InChI is InChI=1S/C15H13NO/c1-12-2-4-13(5-3-12)10-14-6-8-15(9-7-14)16-11-17/h2-9H,10H2,1H3. The van der Waals surface area contributed by atoms with Gasteiger partial charge in [-0.1, -0.05) is 42.0 Å². The van der Waals surface area contributed by atoms with Crippen molar-refractivity contribution in [1.29, 1.82) is 0 Å². The summed E-state index contributed by atoms with van der Waals surface area (Å²) in [6, 6.07) is 16.1. The van der Waals surface area contributed by atoms with Crippen LogP contribution in [0, 0.1) is 6.92 Å². The number of aliphatic imine (C=N–C) groups is 1. The fourth-order valence-corrected chi connectivity index (χ4v) is 1.68. The molecule has 0 spiro atoms. The molecule has 0 fully saturated rings. The minimum absolute atomic E-state index is 0.646. The lowest BCUT2D eigenvalue weighted by atomic mass is 10.0. The lowest BCUT2D eigenvalue weighted by molar-refractivity contribution is 0.565. The molecule has 0 amide bonds. The van der Waals surface area contributed by atoms with E-state index in [4.69, 9.17) is 0 Å². The van der Waals surface area contributed by atoms with Gasteiger partial charge in [-0.3, -0.25) is 0 Å². The quantitative estimate of drug-likeness (QED) is 0.578. The van der Waals surface area contributed by atoms with Crippen molar-refractivity contribution < 1.29 is 4.79 Å². The van der Waals surface area contributed by atoms with Crippen molar-refractivity contribution in [3.63, 3.8) is 0 Å². The Labute approximate surface area is 101 Å². The van der Waals surface area contributed by atoms with Gasteiger partial charge in [-0.05, 0) is 36.6 Å².